The molecule has 1 aromatic rings. The van der Waals surface area contributed by atoms with E-state index >= 15 is 0 Å². The summed E-state index contributed by atoms with van der Waals surface area (Å²) in [7, 11) is 0. The van der Waals surface area contributed by atoms with E-state index < -0.39 is 0 Å². The molecule has 0 aliphatic heterocycles. The zero-order chi connectivity index (χ0) is 10.9. The number of pyridine rings is 1. The lowest BCUT2D eigenvalue weighted by Gasteiger charge is -2.22. The minimum Gasteiger partial charge on any atom is -0.382 e. The van der Waals surface area contributed by atoms with E-state index in [2.05, 4.69) is 10.3 Å². The van der Waals surface area contributed by atoms with Crippen LogP contribution in [0.5, 0.6) is 0 Å². The van der Waals surface area contributed by atoms with Crippen LogP contribution >= 0.6 is 23.2 Å². The molecule has 3 N–H and O–H groups in total. The molecule has 0 aliphatic rings. The number of hydrogen-bond acceptors (Lipinski definition) is 3. The van der Waals surface area contributed by atoms with Gasteiger partial charge in [0.1, 0.15) is 11.6 Å². The summed E-state index contributed by atoms with van der Waals surface area (Å²) in [5, 5.41) is 3.98. The number of aromatic nitrogens is 1. The number of nitrogens with zero attached hydrogens (tertiary/aromatic N) is 1. The molecule has 0 saturated carbocycles. The van der Waals surface area contributed by atoms with Gasteiger partial charge in [0.05, 0.1) is 10.0 Å². The second kappa shape index (κ2) is 3.83. The second-order valence-electron chi connectivity index (χ2n) is 4.06. The Balaban J connectivity index is 3.04. The maximum Gasteiger partial charge on any atom is 0.147 e. The molecular weight excluding hydrogens is 221 g/mol. The average Bonchev–Trinajstić information content (AvgIpc) is 1.97. The van der Waals surface area contributed by atoms with Crippen molar-refractivity contribution in [2.24, 2.45) is 0 Å². The highest BCUT2D eigenvalue weighted by molar-refractivity contribution is 6.37. The number of nitrogen functional groups attached to an aromatic ring is 1. The molecule has 0 aromatic carbocycles. The van der Waals surface area contributed by atoms with Crippen LogP contribution in [0.1, 0.15) is 20.8 Å². The van der Waals surface area contributed by atoms with Crippen LogP contribution in [0.25, 0.3) is 0 Å². The van der Waals surface area contributed by atoms with Crippen LogP contribution in [-0.2, 0) is 0 Å². The van der Waals surface area contributed by atoms with Crippen molar-refractivity contribution in [3.8, 4) is 0 Å². The van der Waals surface area contributed by atoms with Crippen molar-refractivity contribution in [1.82, 2.24) is 4.98 Å². The van der Waals surface area contributed by atoms with E-state index in [4.69, 9.17) is 28.9 Å². The number of halogens is 2. The van der Waals surface area contributed by atoms with Crippen LogP contribution in [0.15, 0.2) is 6.07 Å². The van der Waals surface area contributed by atoms with Gasteiger partial charge in [0.2, 0.25) is 0 Å². The highest BCUT2D eigenvalue weighted by atomic mass is 35.5. The molecule has 0 fully saturated rings. The summed E-state index contributed by atoms with van der Waals surface area (Å²) >= 11 is 11.7. The van der Waals surface area contributed by atoms with E-state index in [1.54, 1.807) is 6.07 Å². The summed E-state index contributed by atoms with van der Waals surface area (Å²) in [5.41, 5.74) is 5.45. The van der Waals surface area contributed by atoms with Crippen molar-refractivity contribution in [3.05, 3.63) is 16.1 Å². The second-order valence-corrected chi connectivity index (χ2v) is 4.88. The van der Waals surface area contributed by atoms with E-state index in [1.165, 1.54) is 0 Å². The molecule has 0 radical (unpaired) electrons. The first-order valence-corrected chi connectivity index (χ1v) is 4.95. The molecule has 5 heteroatoms. The van der Waals surface area contributed by atoms with Gasteiger partial charge in [0, 0.05) is 5.54 Å². The normalized spacial score (nSPS) is 11.5. The Kier molecular flexibility index (Phi) is 3.12. The third kappa shape index (κ3) is 2.93. The summed E-state index contributed by atoms with van der Waals surface area (Å²) in [6, 6.07) is 1.58. The predicted octanol–water partition coefficient (Wildman–Crippen LogP) is 3.18. The van der Waals surface area contributed by atoms with E-state index in [1.807, 2.05) is 20.8 Å². The first-order chi connectivity index (χ1) is 6.29. The van der Waals surface area contributed by atoms with Gasteiger partial charge in [0.15, 0.2) is 0 Å². The Morgan fingerprint density at radius 3 is 2.36 bits per heavy atom. The lowest BCUT2D eigenvalue weighted by Crippen LogP contribution is -2.27. The van der Waals surface area contributed by atoms with Crippen molar-refractivity contribution in [1.29, 1.82) is 0 Å². The van der Waals surface area contributed by atoms with Crippen LogP contribution in [0.2, 0.25) is 10.0 Å². The highest BCUT2D eigenvalue weighted by Gasteiger charge is 2.14. The fourth-order valence-corrected chi connectivity index (χ4v) is 1.33. The molecular formula is C9H13Cl2N3. The van der Waals surface area contributed by atoms with Gasteiger partial charge in [-0.15, -0.1) is 0 Å². The SMILES string of the molecule is CC(C)(C)Nc1nc(N)c(Cl)cc1Cl. The minimum atomic E-state index is -0.114. The average molecular weight is 234 g/mol. The van der Waals surface area contributed by atoms with Crippen molar-refractivity contribution < 1.29 is 0 Å². The zero-order valence-corrected chi connectivity index (χ0v) is 9.87. The van der Waals surface area contributed by atoms with Crippen LogP contribution in [-0.4, -0.2) is 10.5 Å². The van der Waals surface area contributed by atoms with Gasteiger partial charge in [-0.25, -0.2) is 4.98 Å². The molecule has 1 aromatic heterocycles. The van der Waals surface area contributed by atoms with Crippen molar-refractivity contribution in [2.75, 3.05) is 11.1 Å². The van der Waals surface area contributed by atoms with Crippen LogP contribution < -0.4 is 11.1 Å². The summed E-state index contributed by atoms with van der Waals surface area (Å²) < 4.78 is 0. The standard InChI is InChI=1S/C9H13Cl2N3/c1-9(2,3)14-8-6(11)4-5(10)7(12)13-8/h4H,1-3H3,(H3,12,13,14). The van der Waals surface area contributed by atoms with Crippen molar-refractivity contribution >= 4 is 34.8 Å². The molecule has 0 atom stereocenters. The van der Waals surface area contributed by atoms with Gasteiger partial charge in [-0.1, -0.05) is 23.2 Å². The largest absolute Gasteiger partial charge is 0.382 e. The molecule has 0 bridgehead atoms. The van der Waals surface area contributed by atoms with E-state index in [9.17, 15) is 0 Å². The van der Waals surface area contributed by atoms with Gasteiger partial charge in [-0.05, 0) is 26.8 Å². The number of hydrogen-bond donors (Lipinski definition) is 2. The lowest BCUT2D eigenvalue weighted by atomic mass is 10.1. The van der Waals surface area contributed by atoms with Gasteiger partial charge in [0.25, 0.3) is 0 Å². The molecule has 0 saturated heterocycles. The zero-order valence-electron chi connectivity index (χ0n) is 8.36. The Hall–Kier alpha value is -0.670. The number of rotatable bonds is 1. The van der Waals surface area contributed by atoms with Gasteiger partial charge < -0.3 is 11.1 Å². The lowest BCUT2D eigenvalue weighted by molar-refractivity contribution is 0.630. The summed E-state index contributed by atoms with van der Waals surface area (Å²) in [5.74, 6) is 0.837. The molecule has 0 aliphatic carbocycles. The monoisotopic (exact) mass is 233 g/mol. The van der Waals surface area contributed by atoms with Crippen molar-refractivity contribution in [3.63, 3.8) is 0 Å². The molecule has 0 amide bonds. The summed E-state index contributed by atoms with van der Waals surface area (Å²) in [6.07, 6.45) is 0. The topological polar surface area (TPSA) is 50.9 Å². The first kappa shape index (κ1) is 11.4. The Morgan fingerprint density at radius 2 is 1.86 bits per heavy atom. The third-order valence-corrected chi connectivity index (χ3v) is 2.04. The van der Waals surface area contributed by atoms with Crippen molar-refractivity contribution in [2.45, 2.75) is 26.3 Å². The maximum absolute atomic E-state index is 5.94. The summed E-state index contributed by atoms with van der Waals surface area (Å²) in [4.78, 5) is 4.06. The van der Waals surface area contributed by atoms with E-state index in [-0.39, 0.29) is 11.4 Å². The van der Waals surface area contributed by atoms with E-state index in [0.29, 0.717) is 15.9 Å². The molecule has 0 spiro atoms. The Labute approximate surface area is 93.6 Å². The van der Waals surface area contributed by atoms with E-state index in [0.717, 1.165) is 0 Å². The van der Waals surface area contributed by atoms with Crippen LogP contribution in [0.3, 0.4) is 0 Å². The van der Waals surface area contributed by atoms with Crippen LogP contribution in [0.4, 0.5) is 11.6 Å². The van der Waals surface area contributed by atoms with Gasteiger partial charge in [-0.3, -0.25) is 0 Å². The number of anilines is 2. The molecule has 14 heavy (non-hydrogen) atoms. The highest BCUT2D eigenvalue weighted by Crippen LogP contribution is 2.28. The smallest absolute Gasteiger partial charge is 0.147 e. The number of nitrogens with two attached hydrogens (primary N) is 1. The predicted molar refractivity (Wildman–Crippen MR) is 62.0 cm³/mol. The Bertz CT molecular complexity index is 345. The summed E-state index contributed by atoms with van der Waals surface area (Å²) in [6.45, 7) is 6.03. The fraction of sp³-hybridized carbons (Fsp3) is 0.444. The minimum absolute atomic E-state index is 0.114. The van der Waals surface area contributed by atoms with Gasteiger partial charge >= 0.3 is 0 Å². The Morgan fingerprint density at radius 1 is 1.29 bits per heavy atom. The quantitative estimate of drug-likeness (QED) is 0.784. The number of nitrogens with one attached hydrogen (secondary N) is 1. The van der Waals surface area contributed by atoms with Gasteiger partial charge in [-0.2, -0.15) is 0 Å². The molecule has 3 nitrogen and oxygen atoms in total. The molecule has 0 unspecified atom stereocenters. The first-order valence-electron chi connectivity index (χ1n) is 4.19. The molecule has 78 valence electrons. The molecule has 1 rings (SSSR count). The maximum atomic E-state index is 5.94. The third-order valence-electron chi connectivity index (χ3n) is 1.45. The van der Waals surface area contributed by atoms with Crippen LogP contribution in [0, 0.1) is 0 Å². The molecule has 1 heterocycles. The fourth-order valence-electron chi connectivity index (χ4n) is 0.924.